The van der Waals surface area contributed by atoms with Crippen LogP contribution in [-0.2, 0) is 0 Å². The number of thioether (sulfide) groups is 1. The Morgan fingerprint density at radius 1 is 1.04 bits per heavy atom. The quantitative estimate of drug-likeness (QED) is 0.472. The van der Waals surface area contributed by atoms with E-state index in [9.17, 15) is 4.79 Å². The number of ether oxygens (including phenoxy) is 2. The van der Waals surface area contributed by atoms with Crippen molar-refractivity contribution in [2.45, 2.75) is 5.22 Å². The Bertz CT molecular complexity index is 842. The van der Waals surface area contributed by atoms with Gasteiger partial charge in [-0.15, -0.1) is 10.2 Å². The standard InChI is InChI=1S/C18H16N2O4S/c1-22-14-8-13(9-15(10-14)23-2)17-19-20-18(24-17)25-11-16(21)12-6-4-3-5-7-12/h3-10H,11H2,1-2H3. The van der Waals surface area contributed by atoms with Gasteiger partial charge in [-0.3, -0.25) is 4.79 Å². The van der Waals surface area contributed by atoms with Gasteiger partial charge in [0.05, 0.1) is 20.0 Å². The van der Waals surface area contributed by atoms with Gasteiger partial charge >= 0.3 is 0 Å². The van der Waals surface area contributed by atoms with Gasteiger partial charge in [-0.05, 0) is 12.1 Å². The van der Waals surface area contributed by atoms with Gasteiger partial charge in [0, 0.05) is 17.2 Å². The van der Waals surface area contributed by atoms with E-state index >= 15 is 0 Å². The first-order chi connectivity index (χ1) is 12.2. The van der Waals surface area contributed by atoms with Crippen molar-refractivity contribution in [2.24, 2.45) is 0 Å². The number of benzene rings is 2. The summed E-state index contributed by atoms with van der Waals surface area (Å²) < 4.78 is 16.1. The fraction of sp³-hybridized carbons (Fsp3) is 0.167. The zero-order valence-electron chi connectivity index (χ0n) is 13.8. The van der Waals surface area contributed by atoms with Gasteiger partial charge in [0.2, 0.25) is 5.89 Å². The van der Waals surface area contributed by atoms with Gasteiger partial charge in [-0.1, -0.05) is 42.1 Å². The molecule has 1 heterocycles. The molecule has 0 atom stereocenters. The number of hydrogen-bond acceptors (Lipinski definition) is 7. The van der Waals surface area contributed by atoms with E-state index in [0.717, 1.165) is 0 Å². The summed E-state index contributed by atoms with van der Waals surface area (Å²) in [7, 11) is 3.14. The van der Waals surface area contributed by atoms with E-state index in [4.69, 9.17) is 13.9 Å². The molecule has 0 aliphatic carbocycles. The molecule has 0 saturated heterocycles. The summed E-state index contributed by atoms with van der Waals surface area (Å²) in [5.41, 5.74) is 1.34. The molecule has 3 rings (SSSR count). The molecule has 0 amide bonds. The smallest absolute Gasteiger partial charge is 0.277 e. The first kappa shape index (κ1) is 17.0. The molecule has 3 aromatic rings. The van der Waals surface area contributed by atoms with Crippen molar-refractivity contribution in [1.29, 1.82) is 0 Å². The third-order valence-electron chi connectivity index (χ3n) is 3.43. The number of Topliss-reactive ketones (excluding diaryl/α,β-unsaturated/α-hetero) is 1. The highest BCUT2D eigenvalue weighted by Gasteiger charge is 2.14. The zero-order valence-corrected chi connectivity index (χ0v) is 14.6. The summed E-state index contributed by atoms with van der Waals surface area (Å²) in [6.07, 6.45) is 0. The van der Waals surface area contributed by atoms with Crippen LogP contribution in [0.1, 0.15) is 10.4 Å². The Morgan fingerprint density at radius 2 is 1.72 bits per heavy atom. The molecule has 0 radical (unpaired) electrons. The van der Waals surface area contributed by atoms with Gasteiger partial charge in [-0.2, -0.15) is 0 Å². The molecule has 0 aliphatic heterocycles. The first-order valence-corrected chi connectivity index (χ1v) is 8.46. The lowest BCUT2D eigenvalue weighted by Crippen LogP contribution is -2.01. The van der Waals surface area contributed by atoms with Gasteiger partial charge in [0.15, 0.2) is 5.78 Å². The molecule has 7 heteroatoms. The molecule has 6 nitrogen and oxygen atoms in total. The lowest BCUT2D eigenvalue weighted by Gasteiger charge is -2.05. The van der Waals surface area contributed by atoms with E-state index in [0.29, 0.717) is 33.7 Å². The Morgan fingerprint density at radius 3 is 2.36 bits per heavy atom. The number of rotatable bonds is 7. The summed E-state index contributed by atoms with van der Waals surface area (Å²) in [5, 5.41) is 8.34. The number of nitrogens with zero attached hydrogens (tertiary/aromatic N) is 2. The number of ketones is 1. The second-order valence-electron chi connectivity index (χ2n) is 5.05. The molecule has 0 saturated carbocycles. The van der Waals surface area contributed by atoms with Crippen molar-refractivity contribution < 1.29 is 18.7 Å². The lowest BCUT2D eigenvalue weighted by atomic mass is 10.2. The van der Waals surface area contributed by atoms with Gasteiger partial charge in [0.25, 0.3) is 5.22 Å². The maximum Gasteiger partial charge on any atom is 0.277 e. The monoisotopic (exact) mass is 356 g/mol. The second kappa shape index (κ2) is 7.85. The van der Waals surface area contributed by atoms with Crippen LogP contribution in [0.25, 0.3) is 11.5 Å². The predicted octanol–water partition coefficient (Wildman–Crippen LogP) is 3.73. The molecule has 2 aromatic carbocycles. The summed E-state index contributed by atoms with van der Waals surface area (Å²) in [6.45, 7) is 0. The molecule has 0 N–H and O–H groups in total. The van der Waals surface area contributed by atoms with Crippen LogP contribution in [0.2, 0.25) is 0 Å². The van der Waals surface area contributed by atoms with Crippen molar-refractivity contribution in [2.75, 3.05) is 20.0 Å². The van der Waals surface area contributed by atoms with Crippen LogP contribution in [0.3, 0.4) is 0 Å². The van der Waals surface area contributed by atoms with Crippen LogP contribution in [0.5, 0.6) is 11.5 Å². The van der Waals surface area contributed by atoms with Gasteiger partial charge < -0.3 is 13.9 Å². The molecule has 1 aromatic heterocycles. The maximum atomic E-state index is 12.1. The van der Waals surface area contributed by atoms with E-state index in [1.807, 2.05) is 18.2 Å². The Hall–Kier alpha value is -2.80. The number of carbonyl (C=O) groups is 1. The van der Waals surface area contributed by atoms with E-state index < -0.39 is 0 Å². The number of hydrogen-bond donors (Lipinski definition) is 0. The molecule has 0 unspecified atom stereocenters. The third-order valence-corrected chi connectivity index (χ3v) is 4.25. The molecule has 0 bridgehead atoms. The molecule has 25 heavy (non-hydrogen) atoms. The van der Waals surface area contributed by atoms with E-state index in [2.05, 4.69) is 10.2 Å². The van der Waals surface area contributed by atoms with Crippen LogP contribution < -0.4 is 9.47 Å². The Kier molecular flexibility index (Phi) is 5.35. The summed E-state index contributed by atoms with van der Waals surface area (Å²) in [4.78, 5) is 12.1. The molecular weight excluding hydrogens is 340 g/mol. The topological polar surface area (TPSA) is 74.5 Å². The van der Waals surface area contributed by atoms with E-state index in [1.54, 1.807) is 44.6 Å². The summed E-state index contributed by atoms with van der Waals surface area (Å²) in [6, 6.07) is 14.4. The van der Waals surface area contributed by atoms with Crippen molar-refractivity contribution in [3.63, 3.8) is 0 Å². The van der Waals surface area contributed by atoms with Crippen LogP contribution >= 0.6 is 11.8 Å². The number of carbonyl (C=O) groups excluding carboxylic acids is 1. The molecule has 0 spiro atoms. The van der Waals surface area contributed by atoms with Crippen LogP contribution in [-0.4, -0.2) is 36.0 Å². The Balaban J connectivity index is 1.71. The van der Waals surface area contributed by atoms with Crippen LogP contribution in [0, 0.1) is 0 Å². The van der Waals surface area contributed by atoms with Gasteiger partial charge in [0.1, 0.15) is 11.5 Å². The van der Waals surface area contributed by atoms with Crippen molar-refractivity contribution in [3.8, 4) is 23.0 Å². The highest BCUT2D eigenvalue weighted by atomic mass is 32.2. The normalized spacial score (nSPS) is 10.5. The van der Waals surface area contributed by atoms with Crippen molar-refractivity contribution in [1.82, 2.24) is 10.2 Å². The van der Waals surface area contributed by atoms with Crippen LogP contribution in [0.4, 0.5) is 0 Å². The number of methoxy groups -OCH3 is 2. The fourth-order valence-corrected chi connectivity index (χ4v) is 2.81. The van der Waals surface area contributed by atoms with E-state index in [-0.39, 0.29) is 11.5 Å². The molecule has 128 valence electrons. The van der Waals surface area contributed by atoms with Crippen LogP contribution in [0.15, 0.2) is 58.2 Å². The zero-order chi connectivity index (χ0) is 17.6. The average Bonchev–Trinajstić information content (AvgIpc) is 3.15. The predicted molar refractivity (Wildman–Crippen MR) is 94.3 cm³/mol. The molecule has 0 fully saturated rings. The molecular formula is C18H16N2O4S. The molecule has 0 aliphatic rings. The fourth-order valence-electron chi connectivity index (χ4n) is 2.15. The summed E-state index contributed by atoms with van der Waals surface area (Å²) >= 11 is 1.21. The minimum Gasteiger partial charge on any atom is -0.497 e. The highest BCUT2D eigenvalue weighted by Crippen LogP contribution is 2.30. The largest absolute Gasteiger partial charge is 0.497 e. The number of aromatic nitrogens is 2. The van der Waals surface area contributed by atoms with Crippen molar-refractivity contribution in [3.05, 3.63) is 54.1 Å². The van der Waals surface area contributed by atoms with E-state index in [1.165, 1.54) is 11.8 Å². The summed E-state index contributed by atoms with van der Waals surface area (Å²) in [5.74, 6) is 1.83. The second-order valence-corrected chi connectivity index (χ2v) is 5.98. The lowest BCUT2D eigenvalue weighted by molar-refractivity contribution is 0.102. The van der Waals surface area contributed by atoms with Crippen molar-refractivity contribution >= 4 is 17.5 Å². The average molecular weight is 356 g/mol. The highest BCUT2D eigenvalue weighted by molar-refractivity contribution is 7.99. The SMILES string of the molecule is COc1cc(OC)cc(-c2nnc(SCC(=O)c3ccccc3)o2)c1. The Labute approximate surface area is 149 Å². The minimum absolute atomic E-state index is 0.00778. The first-order valence-electron chi connectivity index (χ1n) is 7.47. The maximum absolute atomic E-state index is 12.1. The minimum atomic E-state index is 0.00778. The third kappa shape index (κ3) is 4.19. The van der Waals surface area contributed by atoms with Gasteiger partial charge in [-0.25, -0.2) is 0 Å².